The summed E-state index contributed by atoms with van der Waals surface area (Å²) in [4.78, 5) is 10.9. The molecule has 3 aromatic rings. The lowest BCUT2D eigenvalue weighted by molar-refractivity contribution is 0.476. The van der Waals surface area contributed by atoms with Crippen molar-refractivity contribution in [3.63, 3.8) is 0 Å². The van der Waals surface area contributed by atoms with E-state index in [0.29, 0.717) is 31.5 Å². The van der Waals surface area contributed by atoms with E-state index in [1.807, 2.05) is 0 Å². The lowest BCUT2D eigenvalue weighted by atomic mass is 10.0. The summed E-state index contributed by atoms with van der Waals surface area (Å²) in [6.07, 6.45) is 0. The van der Waals surface area contributed by atoms with Crippen LogP contribution in [-0.4, -0.2) is 5.11 Å². The molecule has 0 radical (unpaired) electrons. The Hall–Kier alpha value is -1.49. The number of phenolic OH excluding ortho intramolecular Hbond substituents is 1. The van der Waals surface area contributed by atoms with Crippen LogP contribution in [0.3, 0.4) is 0 Å². The van der Waals surface area contributed by atoms with Crippen molar-refractivity contribution in [3.05, 3.63) is 50.1 Å². The maximum atomic E-state index is 11.3. The van der Waals surface area contributed by atoms with E-state index in [1.54, 1.807) is 18.2 Å². The van der Waals surface area contributed by atoms with Gasteiger partial charge in [0.1, 0.15) is 5.75 Å². The summed E-state index contributed by atoms with van der Waals surface area (Å²) >= 11 is 13.1. The zero-order valence-corrected chi connectivity index (χ0v) is 11.6. The van der Waals surface area contributed by atoms with Gasteiger partial charge in [0.05, 0.1) is 14.7 Å². The van der Waals surface area contributed by atoms with Crippen molar-refractivity contribution in [3.8, 4) is 16.9 Å². The number of halogens is 2. The molecule has 0 aliphatic carbocycles. The van der Waals surface area contributed by atoms with Crippen LogP contribution in [0.5, 0.6) is 5.75 Å². The SMILES string of the molecule is O=c1oc2c(-c3cccc(Cl)c3Cl)cc(O)cc2s1. The molecular formula is C13H6Cl2O3S. The first-order valence-corrected chi connectivity index (χ1v) is 6.84. The van der Waals surface area contributed by atoms with Crippen molar-refractivity contribution in [1.29, 1.82) is 0 Å². The van der Waals surface area contributed by atoms with Crippen LogP contribution >= 0.6 is 34.5 Å². The van der Waals surface area contributed by atoms with Crippen LogP contribution in [0.15, 0.2) is 39.5 Å². The standard InChI is InChI=1S/C13H6Cl2O3S/c14-9-3-1-2-7(11(9)15)8-4-6(16)5-10-12(8)18-13(17)19-10/h1-5,16H. The molecule has 0 atom stereocenters. The van der Waals surface area contributed by atoms with E-state index in [4.69, 9.17) is 27.6 Å². The number of aromatic hydroxyl groups is 1. The highest BCUT2D eigenvalue weighted by atomic mass is 35.5. The molecule has 3 rings (SSSR count). The molecule has 0 amide bonds. The Morgan fingerprint density at radius 3 is 2.74 bits per heavy atom. The van der Waals surface area contributed by atoms with Gasteiger partial charge in [-0.25, -0.2) is 4.79 Å². The third-order valence-corrected chi connectivity index (χ3v) is 4.25. The molecular weight excluding hydrogens is 307 g/mol. The molecule has 0 unspecified atom stereocenters. The van der Waals surface area contributed by atoms with Gasteiger partial charge in [0.15, 0.2) is 5.58 Å². The molecule has 0 fully saturated rings. The molecule has 0 bridgehead atoms. The Bertz CT molecular complexity index is 836. The van der Waals surface area contributed by atoms with E-state index in [2.05, 4.69) is 0 Å². The second kappa shape index (κ2) is 4.56. The number of rotatable bonds is 1. The Morgan fingerprint density at radius 1 is 1.16 bits per heavy atom. The van der Waals surface area contributed by atoms with E-state index in [1.165, 1.54) is 12.1 Å². The molecule has 0 saturated carbocycles. The molecule has 0 aliphatic rings. The molecule has 1 N–H and O–H groups in total. The van der Waals surface area contributed by atoms with Crippen LogP contribution in [0.25, 0.3) is 21.4 Å². The number of hydrogen-bond donors (Lipinski definition) is 1. The van der Waals surface area contributed by atoms with E-state index in [-0.39, 0.29) is 5.75 Å². The third-order valence-electron chi connectivity index (χ3n) is 2.66. The zero-order chi connectivity index (χ0) is 13.6. The largest absolute Gasteiger partial charge is 0.508 e. The average Bonchev–Trinajstić information content (AvgIpc) is 2.72. The molecule has 0 saturated heterocycles. The van der Waals surface area contributed by atoms with Crippen LogP contribution < -0.4 is 4.94 Å². The Labute approximate surface area is 121 Å². The molecule has 19 heavy (non-hydrogen) atoms. The summed E-state index contributed by atoms with van der Waals surface area (Å²) in [6, 6.07) is 8.13. The summed E-state index contributed by atoms with van der Waals surface area (Å²) < 4.78 is 5.72. The maximum Gasteiger partial charge on any atom is 0.396 e. The summed E-state index contributed by atoms with van der Waals surface area (Å²) in [5.74, 6) is 0.0376. The van der Waals surface area contributed by atoms with Crippen LogP contribution in [0, 0.1) is 0 Å². The summed E-state index contributed by atoms with van der Waals surface area (Å²) in [5.41, 5.74) is 1.55. The first-order valence-electron chi connectivity index (χ1n) is 5.27. The van der Waals surface area contributed by atoms with Crippen LogP contribution in [0.1, 0.15) is 0 Å². The van der Waals surface area contributed by atoms with Gasteiger partial charge in [0.25, 0.3) is 0 Å². The fraction of sp³-hybridized carbons (Fsp3) is 0. The van der Waals surface area contributed by atoms with Gasteiger partial charge < -0.3 is 9.52 Å². The number of fused-ring (bicyclic) bond motifs is 1. The fourth-order valence-corrected chi connectivity index (χ4v) is 3.01. The second-order valence-corrected chi connectivity index (χ2v) is 5.64. The van der Waals surface area contributed by atoms with Crippen molar-refractivity contribution >= 4 is 44.8 Å². The molecule has 2 aromatic carbocycles. The highest BCUT2D eigenvalue weighted by Crippen LogP contribution is 2.39. The zero-order valence-electron chi connectivity index (χ0n) is 9.31. The Morgan fingerprint density at radius 2 is 1.95 bits per heavy atom. The van der Waals surface area contributed by atoms with Crippen molar-refractivity contribution in [2.75, 3.05) is 0 Å². The lowest BCUT2D eigenvalue weighted by Crippen LogP contribution is -1.83. The molecule has 0 spiro atoms. The highest BCUT2D eigenvalue weighted by Gasteiger charge is 2.15. The Kier molecular flexibility index (Phi) is 3.01. The van der Waals surface area contributed by atoms with Crippen molar-refractivity contribution in [1.82, 2.24) is 0 Å². The minimum absolute atomic E-state index is 0.0376. The minimum Gasteiger partial charge on any atom is -0.508 e. The quantitative estimate of drug-likeness (QED) is 0.718. The van der Waals surface area contributed by atoms with Crippen LogP contribution in [0.4, 0.5) is 0 Å². The van der Waals surface area contributed by atoms with E-state index >= 15 is 0 Å². The number of hydrogen-bond acceptors (Lipinski definition) is 4. The van der Waals surface area contributed by atoms with Gasteiger partial charge in [-0.3, -0.25) is 0 Å². The predicted octanol–water partition coefficient (Wildman–Crippen LogP) is 4.53. The van der Waals surface area contributed by atoms with Gasteiger partial charge in [-0.2, -0.15) is 0 Å². The summed E-state index contributed by atoms with van der Waals surface area (Å²) in [7, 11) is 0. The minimum atomic E-state index is -0.431. The topological polar surface area (TPSA) is 50.4 Å². The first kappa shape index (κ1) is 12.5. The normalized spacial score (nSPS) is 11.1. The monoisotopic (exact) mass is 312 g/mol. The van der Waals surface area contributed by atoms with Crippen molar-refractivity contribution in [2.45, 2.75) is 0 Å². The summed E-state index contributed by atoms with van der Waals surface area (Å²) in [6.45, 7) is 0. The first-order chi connectivity index (χ1) is 9.06. The van der Waals surface area contributed by atoms with Gasteiger partial charge in [0.2, 0.25) is 0 Å². The van der Waals surface area contributed by atoms with Gasteiger partial charge in [0, 0.05) is 17.2 Å². The average molecular weight is 313 g/mol. The van der Waals surface area contributed by atoms with Crippen molar-refractivity contribution in [2.24, 2.45) is 0 Å². The molecule has 3 nitrogen and oxygen atoms in total. The van der Waals surface area contributed by atoms with E-state index < -0.39 is 4.94 Å². The number of benzene rings is 2. The van der Waals surface area contributed by atoms with E-state index in [9.17, 15) is 9.90 Å². The third kappa shape index (κ3) is 2.12. The van der Waals surface area contributed by atoms with Gasteiger partial charge >= 0.3 is 4.94 Å². The van der Waals surface area contributed by atoms with Crippen LogP contribution in [-0.2, 0) is 0 Å². The van der Waals surface area contributed by atoms with Crippen LogP contribution in [0.2, 0.25) is 10.0 Å². The molecule has 6 heteroatoms. The van der Waals surface area contributed by atoms with Gasteiger partial charge in [-0.1, -0.05) is 46.7 Å². The predicted molar refractivity (Wildman–Crippen MR) is 77.5 cm³/mol. The Balaban J connectivity index is 2.41. The van der Waals surface area contributed by atoms with Crippen molar-refractivity contribution < 1.29 is 9.52 Å². The molecule has 96 valence electrons. The van der Waals surface area contributed by atoms with Gasteiger partial charge in [-0.05, 0) is 12.1 Å². The maximum absolute atomic E-state index is 11.3. The summed E-state index contributed by atoms with van der Waals surface area (Å²) in [5, 5.41) is 10.5. The fourth-order valence-electron chi connectivity index (χ4n) is 1.87. The number of phenols is 1. The smallest absolute Gasteiger partial charge is 0.396 e. The van der Waals surface area contributed by atoms with Gasteiger partial charge in [-0.15, -0.1) is 0 Å². The molecule has 0 aliphatic heterocycles. The lowest BCUT2D eigenvalue weighted by Gasteiger charge is -2.06. The second-order valence-electron chi connectivity index (χ2n) is 3.88. The highest BCUT2D eigenvalue weighted by molar-refractivity contribution is 7.16. The molecule has 1 heterocycles. The van der Waals surface area contributed by atoms with E-state index in [0.717, 1.165) is 11.3 Å². The molecule has 1 aromatic heterocycles.